The highest BCUT2D eigenvalue weighted by atomic mass is 16.5. The molecular weight excluding hydrogens is 1500 g/mol. The van der Waals surface area contributed by atoms with Crippen molar-refractivity contribution in [2.24, 2.45) is 0 Å². The van der Waals surface area contributed by atoms with Crippen LogP contribution in [0.15, 0.2) is 330 Å². The number of aromatic amines is 2. The van der Waals surface area contributed by atoms with Gasteiger partial charge in [0.05, 0.1) is 62.1 Å². The first kappa shape index (κ1) is 81.3. The van der Waals surface area contributed by atoms with Crippen molar-refractivity contribution in [1.82, 2.24) is 56.3 Å². The van der Waals surface area contributed by atoms with Crippen LogP contribution in [-0.4, -0.2) is 84.2 Å². The largest absolute Gasteiger partial charge is 0.497 e. The third-order valence-electron chi connectivity index (χ3n) is 19.0. The summed E-state index contributed by atoms with van der Waals surface area (Å²) in [4.78, 5) is 120. The molecule has 0 saturated heterocycles. The third kappa shape index (κ3) is 19.9. The number of aromatic nitrogens is 12. The maximum Gasteiger partial charge on any atom is 0.258 e. The lowest BCUT2D eigenvalue weighted by Crippen LogP contribution is -2.16. The smallest absolute Gasteiger partial charge is 0.258 e. The summed E-state index contributed by atoms with van der Waals surface area (Å²) >= 11 is 0. The number of nitrogens with one attached hydrogen (secondary N) is 2. The van der Waals surface area contributed by atoms with Gasteiger partial charge in [0.15, 0.2) is 10.9 Å². The minimum atomic E-state index is -0.163. The maximum absolute atomic E-state index is 12.2. The lowest BCUT2D eigenvalue weighted by Gasteiger charge is -2.07. The molecular formula is C95H82N12O12. The Morgan fingerprint density at radius 3 is 0.849 bits per heavy atom. The Morgan fingerprint density at radius 1 is 0.269 bits per heavy atom. The number of pyridine rings is 6. The average Bonchev–Trinajstić information content (AvgIpc) is 0.822. The Kier molecular flexibility index (Phi) is 25.0. The number of nitrogens with zero attached hydrogens (tertiary/aromatic N) is 10. The van der Waals surface area contributed by atoms with Gasteiger partial charge in [-0.1, -0.05) is 173 Å². The molecule has 0 aliphatic rings. The first-order chi connectivity index (χ1) is 57.4. The molecule has 0 amide bonds. The van der Waals surface area contributed by atoms with E-state index in [1.54, 1.807) is 119 Å². The standard InChI is InChI=1S/C17H16N2O2.3C16H14N2O2.2C15H12N2O2/c1-3-21-14-8-9-19-16(10-14)18-15(11-17(19)20)13-6-4-12(2)5-7-13;2*1-11-3-5-12(6-4-11)14-10-16(19)18-8-7-13(20-2)9-15(18)17-14;1-11-4-3-5-12(8-11)14-10-16(19)18-7-6-13(20-2)9-15(18)17-14;2*1-10-2-4-11(5-3-10)13-9-15(19)17-7-6-12(18)8-14(17)16-13/h4-11H,3H2,1-2H3;3*3-10H,1-2H3;2*2-9,16H,1H3. The second-order valence-electron chi connectivity index (χ2n) is 27.8. The Hall–Kier alpha value is -15.7. The molecule has 0 bridgehead atoms. The van der Waals surface area contributed by atoms with Crippen molar-refractivity contribution in [2.45, 2.75) is 48.5 Å². The van der Waals surface area contributed by atoms with Crippen LogP contribution in [-0.2, 0) is 0 Å². The predicted molar refractivity (Wildman–Crippen MR) is 466 cm³/mol. The summed E-state index contributed by atoms with van der Waals surface area (Å²) in [5.41, 5.74) is 18.9. The molecule has 12 heterocycles. The highest BCUT2D eigenvalue weighted by Gasteiger charge is 2.13. The van der Waals surface area contributed by atoms with E-state index >= 15 is 0 Å². The molecule has 119 heavy (non-hydrogen) atoms. The van der Waals surface area contributed by atoms with Crippen LogP contribution in [0.25, 0.3) is 101 Å². The van der Waals surface area contributed by atoms with Gasteiger partial charge in [0, 0.05) is 144 Å². The molecule has 0 saturated carbocycles. The van der Waals surface area contributed by atoms with Crippen LogP contribution >= 0.6 is 0 Å². The van der Waals surface area contributed by atoms with Gasteiger partial charge >= 0.3 is 0 Å². The summed E-state index contributed by atoms with van der Waals surface area (Å²) in [6.07, 6.45) is 9.66. The first-order valence-electron chi connectivity index (χ1n) is 37.8. The van der Waals surface area contributed by atoms with Crippen LogP contribution in [0.3, 0.4) is 0 Å². The lowest BCUT2D eigenvalue weighted by atomic mass is 10.1. The van der Waals surface area contributed by atoms with Gasteiger partial charge in [-0.2, -0.15) is 0 Å². The summed E-state index contributed by atoms with van der Waals surface area (Å²) in [5.74, 6) is 2.75. The van der Waals surface area contributed by atoms with Gasteiger partial charge in [0.25, 0.3) is 33.4 Å². The number of hydrogen-bond acceptors (Lipinski definition) is 16. The van der Waals surface area contributed by atoms with E-state index in [0.717, 1.165) is 50.1 Å². The molecule has 18 aromatic rings. The van der Waals surface area contributed by atoms with E-state index < -0.39 is 0 Å². The van der Waals surface area contributed by atoms with Crippen molar-refractivity contribution in [3.63, 3.8) is 0 Å². The van der Waals surface area contributed by atoms with E-state index in [1.165, 1.54) is 91.9 Å². The zero-order valence-corrected chi connectivity index (χ0v) is 66.8. The van der Waals surface area contributed by atoms with Gasteiger partial charge in [-0.25, -0.2) is 19.9 Å². The summed E-state index contributed by atoms with van der Waals surface area (Å²) < 4.78 is 29.8. The summed E-state index contributed by atoms with van der Waals surface area (Å²) in [6, 6.07) is 76.3. The van der Waals surface area contributed by atoms with Crippen LogP contribution in [0.2, 0.25) is 0 Å². The predicted octanol–water partition coefficient (Wildman–Crippen LogP) is 15.0. The van der Waals surface area contributed by atoms with E-state index in [0.29, 0.717) is 97.7 Å². The van der Waals surface area contributed by atoms with Crippen LogP contribution < -0.4 is 63.2 Å². The first-order valence-corrected chi connectivity index (χ1v) is 37.8. The van der Waals surface area contributed by atoms with Crippen molar-refractivity contribution >= 4 is 33.9 Å². The molecule has 24 heteroatoms. The molecule has 18 rings (SSSR count). The molecule has 0 unspecified atom stereocenters. The topological polar surface area (TPSA) is 283 Å². The van der Waals surface area contributed by atoms with Gasteiger partial charge in [-0.15, -0.1) is 0 Å². The monoisotopic (exact) mass is 1580 g/mol. The number of H-pyrrole nitrogens is 2. The zero-order chi connectivity index (χ0) is 84.0. The quantitative estimate of drug-likeness (QED) is 0.122. The van der Waals surface area contributed by atoms with Gasteiger partial charge in [0.2, 0.25) is 0 Å². The summed E-state index contributed by atoms with van der Waals surface area (Å²) in [6.45, 7) is 14.6. The molecule has 0 radical (unpaired) electrons. The number of hydrogen-bond donors (Lipinski definition) is 2. The molecule has 2 N–H and O–H groups in total. The molecule has 0 fully saturated rings. The fraction of sp³-hybridized carbons (Fsp3) is 0.116. The minimum absolute atomic E-state index is 0.0985. The second kappa shape index (κ2) is 36.6. The van der Waals surface area contributed by atoms with Gasteiger partial charge in [0.1, 0.15) is 56.9 Å². The molecule has 24 nitrogen and oxygen atoms in total. The fourth-order valence-electron chi connectivity index (χ4n) is 12.6. The van der Waals surface area contributed by atoms with Gasteiger partial charge in [-0.3, -0.25) is 64.8 Å². The van der Waals surface area contributed by atoms with Crippen molar-refractivity contribution in [2.75, 3.05) is 27.9 Å². The number of aryl methyl sites for hydroxylation is 6. The van der Waals surface area contributed by atoms with E-state index in [2.05, 4.69) is 29.9 Å². The number of ether oxygens (including phenoxy) is 4. The Bertz CT molecular complexity index is 6990. The van der Waals surface area contributed by atoms with Crippen LogP contribution in [0.5, 0.6) is 23.0 Å². The molecule has 0 aliphatic heterocycles. The Labute approximate surface area is 680 Å². The van der Waals surface area contributed by atoms with Crippen LogP contribution in [0.4, 0.5) is 0 Å². The van der Waals surface area contributed by atoms with Crippen molar-refractivity contribution in [3.8, 4) is 90.5 Å². The maximum atomic E-state index is 12.2. The molecule has 0 aliphatic carbocycles. The second-order valence-corrected chi connectivity index (χ2v) is 27.8. The molecule has 0 spiro atoms. The van der Waals surface area contributed by atoms with E-state index in [-0.39, 0.29) is 44.2 Å². The van der Waals surface area contributed by atoms with Crippen molar-refractivity contribution in [3.05, 3.63) is 408 Å². The van der Waals surface area contributed by atoms with Crippen LogP contribution in [0, 0.1) is 41.5 Å². The number of benzene rings is 6. The van der Waals surface area contributed by atoms with Crippen molar-refractivity contribution < 1.29 is 18.9 Å². The lowest BCUT2D eigenvalue weighted by molar-refractivity contribution is 0.340. The number of fused-ring (bicyclic) bond motifs is 6. The summed E-state index contributed by atoms with van der Waals surface area (Å²) in [5, 5.41) is 0. The van der Waals surface area contributed by atoms with E-state index in [9.17, 15) is 38.4 Å². The molecule has 0 atom stereocenters. The Morgan fingerprint density at radius 2 is 0.546 bits per heavy atom. The number of methoxy groups -OCH3 is 3. The normalized spacial score (nSPS) is 10.7. The Balaban J connectivity index is 0.000000124. The van der Waals surface area contributed by atoms with Crippen LogP contribution in [0.1, 0.15) is 40.3 Å². The number of rotatable bonds is 11. The molecule has 12 aromatic heterocycles. The zero-order valence-electron chi connectivity index (χ0n) is 66.8. The van der Waals surface area contributed by atoms with E-state index in [4.69, 9.17) is 18.9 Å². The molecule has 6 aromatic carbocycles. The van der Waals surface area contributed by atoms with Gasteiger partial charge < -0.3 is 28.9 Å². The van der Waals surface area contributed by atoms with E-state index in [1.807, 2.05) is 194 Å². The third-order valence-corrected chi connectivity index (χ3v) is 19.0. The minimum Gasteiger partial charge on any atom is -0.497 e. The fourth-order valence-corrected chi connectivity index (χ4v) is 12.6. The highest BCUT2D eigenvalue weighted by Crippen LogP contribution is 2.25. The highest BCUT2D eigenvalue weighted by molar-refractivity contribution is 5.68. The van der Waals surface area contributed by atoms with Crippen molar-refractivity contribution in [1.29, 1.82) is 0 Å². The molecule has 594 valence electrons. The SMILES string of the molecule is CCOc1ccn2c(=O)cc(-c3ccc(C)cc3)nc2c1.COc1ccn2c(=O)cc(-c3ccc(C)cc3)nc2c1.COc1ccn2c(=O)cc(-c3ccc(C)cc3)nc2c1.COc1ccn2c(=O)cc(-c3cccc(C)c3)nc2c1.Cc1ccc(-c2cc(=O)n3ccc(=O)cc3[nH]2)cc1.Cc1ccc(-c2cc(=O)n3ccc(=O)cc3[nH]2)cc1. The van der Waals surface area contributed by atoms with Gasteiger partial charge in [-0.05, 0) is 89.9 Å². The average molecular weight is 1580 g/mol. The summed E-state index contributed by atoms with van der Waals surface area (Å²) in [7, 11) is 4.77.